The van der Waals surface area contributed by atoms with Gasteiger partial charge >= 0.3 is 0 Å². The number of aromatic nitrogens is 1. The number of aryl methyl sites for hydroxylation is 3. The van der Waals surface area contributed by atoms with Crippen LogP contribution in [0.3, 0.4) is 0 Å². The first kappa shape index (κ1) is 14.5. The number of carbonyl (C=O) groups excluding carboxylic acids is 1. The van der Waals surface area contributed by atoms with Gasteiger partial charge in [0.15, 0.2) is 6.61 Å². The number of rotatable bonds is 5. The summed E-state index contributed by atoms with van der Waals surface area (Å²) >= 11 is 1.58. The molecule has 0 spiro atoms. The van der Waals surface area contributed by atoms with Crippen molar-refractivity contribution in [3.8, 4) is 5.75 Å². The monoisotopic (exact) mass is 290 g/mol. The van der Waals surface area contributed by atoms with Crippen molar-refractivity contribution in [2.75, 3.05) is 6.61 Å². The molecule has 2 aromatic rings. The summed E-state index contributed by atoms with van der Waals surface area (Å²) in [6.07, 6.45) is 0. The van der Waals surface area contributed by atoms with E-state index in [9.17, 15) is 4.79 Å². The summed E-state index contributed by atoms with van der Waals surface area (Å²) in [7, 11) is 0. The number of para-hydroxylation sites is 1. The molecule has 4 nitrogen and oxygen atoms in total. The summed E-state index contributed by atoms with van der Waals surface area (Å²) in [5.41, 5.74) is 2.95. The Labute approximate surface area is 122 Å². The lowest BCUT2D eigenvalue weighted by atomic mass is 10.1. The van der Waals surface area contributed by atoms with Crippen LogP contribution in [0.5, 0.6) is 5.75 Å². The third kappa shape index (κ3) is 3.81. The van der Waals surface area contributed by atoms with E-state index < -0.39 is 0 Å². The molecule has 0 atom stereocenters. The van der Waals surface area contributed by atoms with E-state index in [2.05, 4.69) is 10.3 Å². The van der Waals surface area contributed by atoms with Crippen molar-refractivity contribution in [3.05, 3.63) is 45.4 Å². The topological polar surface area (TPSA) is 51.2 Å². The van der Waals surface area contributed by atoms with Crippen LogP contribution in [-0.4, -0.2) is 17.5 Å². The van der Waals surface area contributed by atoms with Gasteiger partial charge in [-0.15, -0.1) is 11.3 Å². The predicted molar refractivity (Wildman–Crippen MR) is 80.1 cm³/mol. The smallest absolute Gasteiger partial charge is 0.258 e. The lowest BCUT2D eigenvalue weighted by Gasteiger charge is -2.11. The largest absolute Gasteiger partial charge is 0.483 e. The standard InChI is InChI=1S/C15H18N2O2S/c1-10-5-4-6-11(2)15(10)19-8-14(18)16-7-13-9-20-12(3)17-13/h4-6,9H,7-8H2,1-3H3,(H,16,18). The van der Waals surface area contributed by atoms with E-state index in [4.69, 9.17) is 4.74 Å². The Morgan fingerprint density at radius 1 is 1.30 bits per heavy atom. The Morgan fingerprint density at radius 2 is 2.00 bits per heavy atom. The van der Waals surface area contributed by atoms with Crippen LogP contribution < -0.4 is 10.1 Å². The van der Waals surface area contributed by atoms with Crippen LogP contribution in [0.15, 0.2) is 23.6 Å². The number of carbonyl (C=O) groups is 1. The maximum absolute atomic E-state index is 11.8. The van der Waals surface area contributed by atoms with Crippen LogP contribution in [-0.2, 0) is 11.3 Å². The van der Waals surface area contributed by atoms with E-state index in [0.29, 0.717) is 6.54 Å². The Balaban J connectivity index is 1.83. The van der Waals surface area contributed by atoms with E-state index in [1.807, 2.05) is 44.4 Å². The first-order valence-corrected chi connectivity index (χ1v) is 7.31. The van der Waals surface area contributed by atoms with Crippen LogP contribution in [0.25, 0.3) is 0 Å². The number of nitrogens with one attached hydrogen (secondary N) is 1. The molecule has 1 heterocycles. The molecule has 0 aliphatic rings. The van der Waals surface area contributed by atoms with Crippen molar-refractivity contribution < 1.29 is 9.53 Å². The third-order valence-corrected chi connectivity index (χ3v) is 3.71. The molecular formula is C15H18N2O2S. The Bertz CT molecular complexity index is 587. The highest BCUT2D eigenvalue weighted by molar-refractivity contribution is 7.09. The molecule has 0 saturated carbocycles. The first-order valence-electron chi connectivity index (χ1n) is 6.43. The Kier molecular flexibility index (Phi) is 4.74. The van der Waals surface area contributed by atoms with Crippen molar-refractivity contribution in [1.82, 2.24) is 10.3 Å². The van der Waals surface area contributed by atoms with Crippen molar-refractivity contribution in [3.63, 3.8) is 0 Å². The minimum absolute atomic E-state index is 0.0226. The zero-order valence-corrected chi connectivity index (χ0v) is 12.7. The summed E-state index contributed by atoms with van der Waals surface area (Å²) in [5.74, 6) is 0.644. The minimum atomic E-state index is -0.140. The molecule has 1 aromatic heterocycles. The van der Waals surface area contributed by atoms with Crippen molar-refractivity contribution >= 4 is 17.2 Å². The normalized spacial score (nSPS) is 10.3. The summed E-state index contributed by atoms with van der Waals surface area (Å²) in [5, 5.41) is 5.75. The van der Waals surface area contributed by atoms with Crippen LogP contribution in [0.1, 0.15) is 21.8 Å². The second-order valence-corrected chi connectivity index (χ2v) is 5.71. The molecule has 0 aliphatic heterocycles. The number of nitrogens with zero attached hydrogens (tertiary/aromatic N) is 1. The van der Waals surface area contributed by atoms with Gasteiger partial charge in [-0.25, -0.2) is 4.98 Å². The minimum Gasteiger partial charge on any atom is -0.483 e. The van der Waals surface area contributed by atoms with E-state index in [1.165, 1.54) is 0 Å². The van der Waals surface area contributed by atoms with Crippen LogP contribution in [0, 0.1) is 20.8 Å². The van der Waals surface area contributed by atoms with E-state index in [-0.39, 0.29) is 12.5 Å². The van der Waals surface area contributed by atoms with Crippen molar-refractivity contribution in [2.45, 2.75) is 27.3 Å². The van der Waals surface area contributed by atoms with Crippen LogP contribution >= 0.6 is 11.3 Å². The average molecular weight is 290 g/mol. The molecule has 20 heavy (non-hydrogen) atoms. The number of amides is 1. The Hall–Kier alpha value is -1.88. The maximum atomic E-state index is 11.8. The molecular weight excluding hydrogens is 272 g/mol. The summed E-state index contributed by atoms with van der Waals surface area (Å²) < 4.78 is 5.59. The number of hydrogen-bond donors (Lipinski definition) is 1. The van der Waals surface area contributed by atoms with Gasteiger partial charge in [-0.1, -0.05) is 18.2 Å². The lowest BCUT2D eigenvalue weighted by Crippen LogP contribution is -2.28. The van der Waals surface area contributed by atoms with E-state index in [1.54, 1.807) is 11.3 Å². The van der Waals surface area contributed by atoms with Crippen LogP contribution in [0.4, 0.5) is 0 Å². The van der Waals surface area contributed by atoms with Crippen molar-refractivity contribution in [2.24, 2.45) is 0 Å². The van der Waals surface area contributed by atoms with Gasteiger partial charge in [0.2, 0.25) is 0 Å². The number of hydrogen-bond acceptors (Lipinski definition) is 4. The van der Waals surface area contributed by atoms with E-state index in [0.717, 1.165) is 27.6 Å². The SMILES string of the molecule is Cc1nc(CNC(=O)COc2c(C)cccc2C)cs1. The van der Waals surface area contributed by atoms with Crippen LogP contribution in [0.2, 0.25) is 0 Å². The fourth-order valence-electron chi connectivity index (χ4n) is 1.89. The average Bonchev–Trinajstić information content (AvgIpc) is 2.82. The van der Waals surface area contributed by atoms with Gasteiger partial charge in [0, 0.05) is 5.38 Å². The quantitative estimate of drug-likeness (QED) is 0.921. The zero-order chi connectivity index (χ0) is 14.5. The highest BCUT2D eigenvalue weighted by atomic mass is 32.1. The molecule has 1 aromatic carbocycles. The zero-order valence-electron chi connectivity index (χ0n) is 11.9. The fraction of sp³-hybridized carbons (Fsp3) is 0.333. The van der Waals surface area contributed by atoms with Gasteiger partial charge in [-0.05, 0) is 31.9 Å². The summed E-state index contributed by atoms with van der Waals surface area (Å²) in [6.45, 7) is 6.35. The van der Waals surface area contributed by atoms with Gasteiger partial charge in [-0.2, -0.15) is 0 Å². The molecule has 5 heteroatoms. The second-order valence-electron chi connectivity index (χ2n) is 4.64. The molecule has 106 valence electrons. The molecule has 0 unspecified atom stereocenters. The van der Waals surface area contributed by atoms with Gasteiger partial charge in [-0.3, -0.25) is 4.79 Å². The number of ether oxygens (including phenoxy) is 1. The molecule has 0 bridgehead atoms. The molecule has 0 fully saturated rings. The lowest BCUT2D eigenvalue weighted by molar-refractivity contribution is -0.123. The molecule has 2 rings (SSSR count). The van der Waals surface area contributed by atoms with Gasteiger partial charge in [0.05, 0.1) is 17.2 Å². The highest BCUT2D eigenvalue weighted by Gasteiger charge is 2.07. The molecule has 0 aliphatic carbocycles. The van der Waals surface area contributed by atoms with Gasteiger partial charge < -0.3 is 10.1 Å². The molecule has 1 amide bonds. The molecule has 0 radical (unpaired) electrons. The van der Waals surface area contributed by atoms with Gasteiger partial charge in [0.25, 0.3) is 5.91 Å². The first-order chi connectivity index (χ1) is 9.56. The highest BCUT2D eigenvalue weighted by Crippen LogP contribution is 2.21. The van der Waals surface area contributed by atoms with E-state index >= 15 is 0 Å². The second kappa shape index (κ2) is 6.52. The fourth-order valence-corrected chi connectivity index (χ4v) is 2.51. The van der Waals surface area contributed by atoms with Gasteiger partial charge in [0.1, 0.15) is 5.75 Å². The molecule has 0 saturated heterocycles. The van der Waals surface area contributed by atoms with Crippen molar-refractivity contribution in [1.29, 1.82) is 0 Å². The number of thiazole rings is 1. The summed E-state index contributed by atoms with van der Waals surface area (Å²) in [4.78, 5) is 16.1. The molecule has 1 N–H and O–H groups in total. The third-order valence-electron chi connectivity index (χ3n) is 2.89. The predicted octanol–water partition coefficient (Wildman–Crippen LogP) is 2.76. The maximum Gasteiger partial charge on any atom is 0.258 e. The Morgan fingerprint density at radius 3 is 2.60 bits per heavy atom. The number of benzene rings is 1. The summed E-state index contributed by atoms with van der Waals surface area (Å²) in [6, 6.07) is 5.92.